The number of likely N-dealkylation sites (tertiary alicyclic amines) is 1. The van der Waals surface area contributed by atoms with Crippen molar-refractivity contribution in [2.24, 2.45) is 49.2 Å². The van der Waals surface area contributed by atoms with Gasteiger partial charge in [-0.2, -0.15) is 0 Å². The minimum absolute atomic E-state index is 0.00212. The SMILES string of the molecule is CCC(C)(CC(C)C(=O)OCC(O)COC(CC(C)(C)C(C)(CC)C(O)C(C)(C)C(C)(C)C(CC(C)(C)C)OC(C)=O)C(C)(C)C)C(CC(C)(C)C)N1CCCC1=O. The number of nitrogens with zero attached hydrogens (tertiary/aromatic N) is 1. The molecule has 1 aliphatic heterocycles. The summed E-state index contributed by atoms with van der Waals surface area (Å²) in [6.45, 7) is 44.8. The van der Waals surface area contributed by atoms with Crippen molar-refractivity contribution < 1.29 is 38.8 Å². The topological polar surface area (TPSA) is 123 Å². The van der Waals surface area contributed by atoms with Crippen LogP contribution in [-0.4, -0.2) is 83.2 Å². The highest BCUT2D eigenvalue weighted by Gasteiger charge is 2.58. The van der Waals surface area contributed by atoms with Crippen molar-refractivity contribution in [3.05, 3.63) is 0 Å². The van der Waals surface area contributed by atoms with Gasteiger partial charge in [0.25, 0.3) is 0 Å². The first-order valence-electron chi connectivity index (χ1n) is 22.5. The second-order valence-corrected chi connectivity index (χ2v) is 24.1. The Morgan fingerprint density at radius 3 is 1.67 bits per heavy atom. The van der Waals surface area contributed by atoms with Crippen LogP contribution in [0.4, 0.5) is 0 Å². The van der Waals surface area contributed by atoms with Gasteiger partial charge in [0, 0.05) is 31.3 Å². The lowest BCUT2D eigenvalue weighted by Gasteiger charge is -2.58. The zero-order valence-corrected chi connectivity index (χ0v) is 41.5. The number of carbonyl (C=O) groups is 3. The van der Waals surface area contributed by atoms with Crippen LogP contribution in [0.5, 0.6) is 0 Å². The van der Waals surface area contributed by atoms with Gasteiger partial charge in [-0.3, -0.25) is 14.4 Å². The third kappa shape index (κ3) is 14.2. The molecule has 0 spiro atoms. The maximum atomic E-state index is 13.4. The lowest BCUT2D eigenvalue weighted by Crippen LogP contribution is -2.59. The van der Waals surface area contributed by atoms with Crippen LogP contribution < -0.4 is 0 Å². The number of esters is 2. The van der Waals surface area contributed by atoms with Crippen LogP contribution in [0.15, 0.2) is 0 Å². The number of rotatable bonds is 22. The van der Waals surface area contributed by atoms with E-state index in [1.165, 1.54) is 6.92 Å². The Bertz CT molecular complexity index is 1330. The van der Waals surface area contributed by atoms with Gasteiger partial charge in [-0.15, -0.1) is 0 Å². The number of ether oxygens (including phenoxy) is 3. The van der Waals surface area contributed by atoms with Crippen LogP contribution in [0.3, 0.4) is 0 Å². The van der Waals surface area contributed by atoms with E-state index in [2.05, 4.69) is 136 Å². The smallest absolute Gasteiger partial charge is 0.308 e. The summed E-state index contributed by atoms with van der Waals surface area (Å²) in [7, 11) is 0. The first-order chi connectivity index (χ1) is 25.9. The number of hydrogen-bond acceptors (Lipinski definition) is 8. The molecule has 9 heteroatoms. The molecule has 0 aromatic heterocycles. The average molecular weight is 824 g/mol. The molecule has 1 aliphatic rings. The van der Waals surface area contributed by atoms with Gasteiger partial charge < -0.3 is 29.3 Å². The predicted molar refractivity (Wildman–Crippen MR) is 237 cm³/mol. The number of aliphatic hydroxyl groups excluding tert-OH is 2. The van der Waals surface area contributed by atoms with Gasteiger partial charge in [0.2, 0.25) is 5.91 Å². The summed E-state index contributed by atoms with van der Waals surface area (Å²) in [6, 6.07) is 0.0275. The van der Waals surface area contributed by atoms with Crippen LogP contribution in [0, 0.1) is 49.2 Å². The number of aliphatic hydroxyl groups is 2. The zero-order valence-electron chi connectivity index (χ0n) is 41.5. The summed E-state index contributed by atoms with van der Waals surface area (Å²) in [5.41, 5.74) is -2.90. The third-order valence-corrected chi connectivity index (χ3v) is 14.8. The first kappa shape index (κ1) is 54.3. The van der Waals surface area contributed by atoms with Crippen LogP contribution in [0.25, 0.3) is 0 Å². The van der Waals surface area contributed by atoms with E-state index in [4.69, 9.17) is 14.2 Å². The van der Waals surface area contributed by atoms with Crippen molar-refractivity contribution in [2.75, 3.05) is 19.8 Å². The molecular weight excluding hydrogens is 731 g/mol. The number of carbonyl (C=O) groups excluding carboxylic acids is 3. The van der Waals surface area contributed by atoms with Crippen LogP contribution >= 0.6 is 0 Å². The highest BCUT2D eigenvalue weighted by molar-refractivity contribution is 5.78. The van der Waals surface area contributed by atoms with Crippen molar-refractivity contribution in [1.29, 1.82) is 0 Å². The lowest BCUT2D eigenvalue weighted by molar-refractivity contribution is -0.197. The molecule has 0 aromatic carbocycles. The minimum atomic E-state index is -1.01. The summed E-state index contributed by atoms with van der Waals surface area (Å²) in [6.07, 6.45) is 3.23. The molecule has 342 valence electrons. The minimum Gasteiger partial charge on any atom is -0.463 e. The Kier molecular flexibility index (Phi) is 18.7. The first-order valence-corrected chi connectivity index (χ1v) is 22.5. The molecule has 0 aliphatic carbocycles. The molecule has 1 amide bonds. The molecular formula is C49H93NO8. The van der Waals surface area contributed by atoms with Crippen molar-refractivity contribution in [3.63, 3.8) is 0 Å². The maximum Gasteiger partial charge on any atom is 0.308 e. The predicted octanol–water partition coefficient (Wildman–Crippen LogP) is 10.8. The molecule has 0 aromatic rings. The molecule has 8 atom stereocenters. The maximum absolute atomic E-state index is 13.4. The molecule has 2 N–H and O–H groups in total. The van der Waals surface area contributed by atoms with Crippen molar-refractivity contribution >= 4 is 17.8 Å². The van der Waals surface area contributed by atoms with Gasteiger partial charge in [-0.1, -0.05) is 138 Å². The van der Waals surface area contributed by atoms with Crippen LogP contribution in [-0.2, 0) is 28.6 Å². The van der Waals surface area contributed by atoms with E-state index in [9.17, 15) is 24.6 Å². The molecule has 9 nitrogen and oxygen atoms in total. The second-order valence-electron chi connectivity index (χ2n) is 24.1. The Labute approximate surface area is 356 Å². The molecule has 0 bridgehead atoms. The van der Waals surface area contributed by atoms with Gasteiger partial charge in [-0.05, 0) is 82.9 Å². The van der Waals surface area contributed by atoms with E-state index in [1.807, 2.05) is 6.92 Å². The fraction of sp³-hybridized carbons (Fsp3) is 0.939. The largest absolute Gasteiger partial charge is 0.463 e. The Morgan fingerprint density at radius 2 is 1.26 bits per heavy atom. The zero-order chi connectivity index (χ0) is 45.7. The Morgan fingerprint density at radius 1 is 0.724 bits per heavy atom. The molecule has 0 saturated carbocycles. The fourth-order valence-corrected chi connectivity index (χ4v) is 9.32. The van der Waals surface area contributed by atoms with E-state index >= 15 is 0 Å². The molecule has 1 fully saturated rings. The van der Waals surface area contributed by atoms with Gasteiger partial charge in [0.05, 0.1) is 24.7 Å². The highest BCUT2D eigenvalue weighted by Crippen LogP contribution is 2.58. The summed E-state index contributed by atoms with van der Waals surface area (Å²) in [5.74, 6) is -0.884. The van der Waals surface area contributed by atoms with Gasteiger partial charge in [0.1, 0.15) is 18.8 Å². The summed E-state index contributed by atoms with van der Waals surface area (Å²) < 4.78 is 18.3. The summed E-state index contributed by atoms with van der Waals surface area (Å²) in [4.78, 5) is 40.8. The Hall–Kier alpha value is -1.71. The van der Waals surface area contributed by atoms with E-state index < -0.39 is 45.9 Å². The number of amides is 1. The quantitative estimate of drug-likeness (QED) is 0.104. The highest BCUT2D eigenvalue weighted by atomic mass is 16.6. The molecule has 0 radical (unpaired) electrons. The van der Waals surface area contributed by atoms with E-state index in [0.717, 1.165) is 25.8 Å². The van der Waals surface area contributed by atoms with Crippen LogP contribution in [0.1, 0.15) is 197 Å². The van der Waals surface area contributed by atoms with Gasteiger partial charge >= 0.3 is 11.9 Å². The standard InChI is InChI=1S/C49H93NO8/c1-22-48(20,36(28-42(5,6)7)50-26-24-25-39(50)53)27-33(3)40(54)57-32-35(52)31-56-37(44(11,12)13)30-45(14,15)49(21,23-2)41(55)47(18,19)46(16,17)38(58-34(4)51)29-43(8,9)10/h33,35-38,41,52,55H,22-32H2,1-21H3. The van der Waals surface area contributed by atoms with Crippen molar-refractivity contribution in [2.45, 2.75) is 227 Å². The number of hydrogen-bond donors (Lipinski definition) is 2. The molecule has 1 saturated heterocycles. The van der Waals surface area contributed by atoms with E-state index in [-0.39, 0.29) is 64.9 Å². The fourth-order valence-electron chi connectivity index (χ4n) is 9.32. The average Bonchev–Trinajstić information content (AvgIpc) is 3.49. The summed E-state index contributed by atoms with van der Waals surface area (Å²) >= 11 is 0. The molecule has 1 rings (SSSR count). The molecule has 1 heterocycles. The second kappa shape index (κ2) is 20.0. The van der Waals surface area contributed by atoms with Crippen LogP contribution in [0.2, 0.25) is 0 Å². The van der Waals surface area contributed by atoms with E-state index in [0.29, 0.717) is 32.1 Å². The van der Waals surface area contributed by atoms with Crippen molar-refractivity contribution in [1.82, 2.24) is 4.90 Å². The summed E-state index contributed by atoms with van der Waals surface area (Å²) in [5, 5.41) is 23.7. The van der Waals surface area contributed by atoms with E-state index in [1.54, 1.807) is 0 Å². The van der Waals surface area contributed by atoms with Crippen molar-refractivity contribution in [3.8, 4) is 0 Å². The lowest BCUT2D eigenvalue weighted by atomic mass is 9.49. The normalized spacial score (nSPS) is 20.4. The third-order valence-electron chi connectivity index (χ3n) is 14.8. The van der Waals surface area contributed by atoms with Gasteiger partial charge in [0.15, 0.2) is 0 Å². The Balaban J connectivity index is 3.17. The molecule has 58 heavy (non-hydrogen) atoms. The van der Waals surface area contributed by atoms with Gasteiger partial charge in [-0.25, -0.2) is 0 Å². The molecule has 8 unspecified atom stereocenters. The monoisotopic (exact) mass is 824 g/mol.